The van der Waals surface area contributed by atoms with Crippen LogP contribution in [0.15, 0.2) is 36.5 Å². The van der Waals surface area contributed by atoms with Gasteiger partial charge in [-0.05, 0) is 18.1 Å². The van der Waals surface area contributed by atoms with Crippen LogP contribution in [0.4, 0.5) is 5.69 Å². The molecule has 2 aromatic rings. The molecule has 0 bridgehead atoms. The maximum absolute atomic E-state index is 12.0. The van der Waals surface area contributed by atoms with Gasteiger partial charge < -0.3 is 16.4 Å². The van der Waals surface area contributed by atoms with Gasteiger partial charge in [0.1, 0.15) is 0 Å². The molecule has 0 aliphatic heterocycles. The van der Waals surface area contributed by atoms with Crippen LogP contribution in [0, 0.1) is 5.92 Å². The minimum Gasteiger partial charge on any atom is -0.346 e. The molecule has 1 aromatic heterocycles. The molecule has 24 heavy (non-hydrogen) atoms. The zero-order valence-electron chi connectivity index (χ0n) is 13.8. The monoisotopic (exact) mass is 350 g/mol. The number of amides is 2. The Labute approximate surface area is 147 Å². The van der Waals surface area contributed by atoms with Gasteiger partial charge in [0.25, 0.3) is 0 Å². The molecule has 6 nitrogen and oxygen atoms in total. The summed E-state index contributed by atoms with van der Waals surface area (Å²) in [5.41, 5.74) is 7.16. The largest absolute Gasteiger partial charge is 0.346 e. The molecular formula is C17H23ClN4O2. The summed E-state index contributed by atoms with van der Waals surface area (Å²) in [6.07, 6.45) is 2.48. The molecule has 2 atom stereocenters. The highest BCUT2D eigenvalue weighted by Crippen LogP contribution is 2.20. The number of carbonyl (C=O) groups excluding carboxylic acids is 2. The average molecular weight is 351 g/mol. The minimum atomic E-state index is -0.605. The second-order valence-electron chi connectivity index (χ2n) is 5.56. The van der Waals surface area contributed by atoms with Crippen LogP contribution >= 0.6 is 12.4 Å². The summed E-state index contributed by atoms with van der Waals surface area (Å²) in [5, 5.41) is 6.27. The van der Waals surface area contributed by atoms with Gasteiger partial charge in [-0.2, -0.15) is 0 Å². The molecule has 0 spiro atoms. The average Bonchev–Trinajstić information content (AvgIpc) is 2.58. The van der Waals surface area contributed by atoms with Crippen molar-refractivity contribution in [2.45, 2.75) is 26.3 Å². The molecule has 4 N–H and O–H groups in total. The first-order valence-electron chi connectivity index (χ1n) is 7.69. The zero-order valence-corrected chi connectivity index (χ0v) is 14.6. The number of anilines is 1. The van der Waals surface area contributed by atoms with Crippen LogP contribution in [0.2, 0.25) is 0 Å². The molecule has 0 aliphatic rings. The van der Waals surface area contributed by atoms with E-state index >= 15 is 0 Å². The van der Waals surface area contributed by atoms with Crippen LogP contribution in [0.25, 0.3) is 10.9 Å². The van der Waals surface area contributed by atoms with Gasteiger partial charge in [-0.3, -0.25) is 14.6 Å². The molecule has 0 radical (unpaired) electrons. The number of aromatic nitrogens is 1. The quantitative estimate of drug-likeness (QED) is 0.743. The molecule has 1 aromatic carbocycles. The number of nitrogens with one attached hydrogen (secondary N) is 2. The Morgan fingerprint density at radius 1 is 1.25 bits per heavy atom. The normalized spacial score (nSPS) is 12.8. The first-order chi connectivity index (χ1) is 11.0. The summed E-state index contributed by atoms with van der Waals surface area (Å²) >= 11 is 0. The van der Waals surface area contributed by atoms with Crippen molar-refractivity contribution >= 4 is 40.8 Å². The Bertz CT molecular complexity index is 703. The number of rotatable bonds is 6. The Kier molecular flexibility index (Phi) is 7.61. The minimum absolute atomic E-state index is 0. The lowest BCUT2D eigenvalue weighted by molar-refractivity contribution is -0.125. The SMILES string of the molecule is CCC(C)C(N)C(=O)NCC(=O)Nc1cccc2cccnc12.Cl. The summed E-state index contributed by atoms with van der Waals surface area (Å²) < 4.78 is 0. The number of pyridine rings is 1. The number of hydrogen-bond donors (Lipinski definition) is 3. The van der Waals surface area contributed by atoms with E-state index < -0.39 is 6.04 Å². The molecule has 2 amide bonds. The molecule has 0 saturated carbocycles. The second-order valence-corrected chi connectivity index (χ2v) is 5.56. The fourth-order valence-corrected chi connectivity index (χ4v) is 2.20. The van der Waals surface area contributed by atoms with Gasteiger partial charge in [0.15, 0.2) is 0 Å². The van der Waals surface area contributed by atoms with E-state index in [0.717, 1.165) is 11.8 Å². The highest BCUT2D eigenvalue weighted by Gasteiger charge is 2.19. The number of fused-ring (bicyclic) bond motifs is 1. The van der Waals surface area contributed by atoms with Crippen molar-refractivity contribution in [3.8, 4) is 0 Å². The predicted molar refractivity (Wildman–Crippen MR) is 98.1 cm³/mol. The van der Waals surface area contributed by atoms with Crippen molar-refractivity contribution in [1.29, 1.82) is 0 Å². The summed E-state index contributed by atoms with van der Waals surface area (Å²) in [7, 11) is 0. The van der Waals surface area contributed by atoms with Crippen molar-refractivity contribution < 1.29 is 9.59 Å². The zero-order chi connectivity index (χ0) is 16.8. The fourth-order valence-electron chi connectivity index (χ4n) is 2.20. The number of nitrogens with two attached hydrogens (primary N) is 1. The van der Waals surface area contributed by atoms with E-state index in [1.54, 1.807) is 12.3 Å². The van der Waals surface area contributed by atoms with Crippen LogP contribution in [0.1, 0.15) is 20.3 Å². The van der Waals surface area contributed by atoms with Crippen molar-refractivity contribution in [1.82, 2.24) is 10.3 Å². The van der Waals surface area contributed by atoms with Crippen LogP contribution in [-0.2, 0) is 9.59 Å². The van der Waals surface area contributed by atoms with Gasteiger partial charge in [-0.25, -0.2) is 0 Å². The molecule has 0 saturated heterocycles. The highest BCUT2D eigenvalue weighted by atomic mass is 35.5. The van der Waals surface area contributed by atoms with Gasteiger partial charge >= 0.3 is 0 Å². The standard InChI is InChI=1S/C17H22N4O2.ClH/c1-3-11(2)15(18)17(23)20-10-14(22)21-13-8-4-6-12-7-5-9-19-16(12)13;/h4-9,11,15H,3,10,18H2,1-2H3,(H,20,23)(H,21,22);1H. The molecule has 1 heterocycles. The fraction of sp³-hybridized carbons (Fsp3) is 0.353. The van der Waals surface area contributed by atoms with Gasteiger partial charge in [0.05, 0.1) is 23.8 Å². The number of benzene rings is 1. The van der Waals surface area contributed by atoms with Crippen LogP contribution in [-0.4, -0.2) is 29.4 Å². The predicted octanol–water partition coefficient (Wildman–Crippen LogP) is 2.08. The molecule has 2 unspecified atom stereocenters. The maximum atomic E-state index is 12.0. The lowest BCUT2D eigenvalue weighted by atomic mass is 9.99. The van der Waals surface area contributed by atoms with Gasteiger partial charge in [0, 0.05) is 11.6 Å². The van der Waals surface area contributed by atoms with Crippen molar-refractivity contribution in [3.05, 3.63) is 36.5 Å². The van der Waals surface area contributed by atoms with E-state index in [4.69, 9.17) is 5.73 Å². The van der Waals surface area contributed by atoms with Gasteiger partial charge in [-0.1, -0.05) is 38.5 Å². The summed E-state index contributed by atoms with van der Waals surface area (Å²) in [4.78, 5) is 28.2. The second kappa shape index (κ2) is 9.20. The summed E-state index contributed by atoms with van der Waals surface area (Å²) in [6.45, 7) is 3.76. The van der Waals surface area contributed by atoms with Crippen molar-refractivity contribution in [3.63, 3.8) is 0 Å². The Morgan fingerprint density at radius 2 is 1.96 bits per heavy atom. The molecule has 0 fully saturated rings. The molecule has 0 aliphatic carbocycles. The number of halogens is 1. The lowest BCUT2D eigenvalue weighted by Gasteiger charge is -2.17. The summed E-state index contributed by atoms with van der Waals surface area (Å²) in [6, 6.07) is 8.70. The van der Waals surface area contributed by atoms with Gasteiger partial charge in [-0.15, -0.1) is 12.4 Å². The number of nitrogens with zero attached hydrogens (tertiary/aromatic N) is 1. The Morgan fingerprint density at radius 3 is 2.67 bits per heavy atom. The third-order valence-corrected chi connectivity index (χ3v) is 3.89. The number of carbonyl (C=O) groups is 2. The van der Waals surface area contributed by atoms with Crippen molar-refractivity contribution in [2.75, 3.05) is 11.9 Å². The third kappa shape index (κ3) is 4.91. The lowest BCUT2D eigenvalue weighted by Crippen LogP contribution is -2.46. The Hall–Kier alpha value is -2.18. The molecule has 130 valence electrons. The van der Waals surface area contributed by atoms with E-state index in [0.29, 0.717) is 11.2 Å². The van der Waals surface area contributed by atoms with E-state index in [1.165, 1.54) is 0 Å². The van der Waals surface area contributed by atoms with Gasteiger partial charge in [0.2, 0.25) is 11.8 Å². The first-order valence-corrected chi connectivity index (χ1v) is 7.69. The summed E-state index contributed by atoms with van der Waals surface area (Å²) in [5.74, 6) is -0.557. The smallest absolute Gasteiger partial charge is 0.243 e. The third-order valence-electron chi connectivity index (χ3n) is 3.89. The Balaban J connectivity index is 0.00000288. The van der Waals surface area contributed by atoms with Crippen LogP contribution < -0.4 is 16.4 Å². The van der Waals surface area contributed by atoms with E-state index in [9.17, 15) is 9.59 Å². The van der Waals surface area contributed by atoms with Crippen molar-refractivity contribution in [2.24, 2.45) is 11.7 Å². The number of hydrogen-bond acceptors (Lipinski definition) is 4. The topological polar surface area (TPSA) is 97.1 Å². The van der Waals surface area contributed by atoms with Crippen LogP contribution in [0.3, 0.4) is 0 Å². The molecule has 2 rings (SSSR count). The number of para-hydroxylation sites is 1. The van der Waals surface area contributed by atoms with Crippen LogP contribution in [0.5, 0.6) is 0 Å². The maximum Gasteiger partial charge on any atom is 0.243 e. The van der Waals surface area contributed by atoms with E-state index in [2.05, 4.69) is 15.6 Å². The highest BCUT2D eigenvalue weighted by molar-refractivity contribution is 6.01. The van der Waals surface area contributed by atoms with E-state index in [1.807, 2.05) is 38.1 Å². The molecule has 7 heteroatoms. The first kappa shape index (κ1) is 19.9. The van der Waals surface area contributed by atoms with E-state index in [-0.39, 0.29) is 36.7 Å². The molecular weight excluding hydrogens is 328 g/mol.